The van der Waals surface area contributed by atoms with E-state index in [2.05, 4.69) is 19.4 Å². The molecule has 0 saturated carbocycles. The molecule has 2 aromatic rings. The third kappa shape index (κ3) is 1.42. The second-order valence-corrected chi connectivity index (χ2v) is 2.25. The van der Waals surface area contributed by atoms with Crippen molar-refractivity contribution in [2.45, 2.75) is 0 Å². The van der Waals surface area contributed by atoms with Crippen LogP contribution in [-0.2, 0) is 0 Å². The molecule has 0 amide bonds. The van der Waals surface area contributed by atoms with Crippen LogP contribution in [0.25, 0.3) is 12.2 Å². The fraction of sp³-hybridized carbons (Fsp3) is 0. The van der Waals surface area contributed by atoms with Gasteiger partial charge in [0.25, 0.3) is 0 Å². The maximum atomic E-state index is 4.64. The molecule has 0 saturated heterocycles. The minimum atomic E-state index is 0.913. The van der Waals surface area contributed by atoms with Gasteiger partial charge in [-0.15, -0.1) is 0 Å². The second-order valence-electron chi connectivity index (χ2n) is 2.25. The van der Waals surface area contributed by atoms with Gasteiger partial charge in [-0.3, -0.25) is 0 Å². The first kappa shape index (κ1) is 6.84. The Morgan fingerprint density at radius 1 is 0.917 bits per heavy atom. The van der Waals surface area contributed by atoms with Gasteiger partial charge in [0.05, 0.1) is 12.4 Å². The van der Waals surface area contributed by atoms with E-state index in [9.17, 15) is 0 Å². The van der Waals surface area contributed by atoms with Crippen molar-refractivity contribution in [3.05, 3.63) is 36.0 Å². The molecule has 0 unspecified atom stereocenters. The van der Waals surface area contributed by atoms with Crippen molar-refractivity contribution in [1.82, 2.24) is 10.3 Å². The van der Waals surface area contributed by atoms with E-state index < -0.39 is 0 Å². The van der Waals surface area contributed by atoms with Gasteiger partial charge in [0.1, 0.15) is 12.5 Å². The minimum Gasteiger partial charge on any atom is -0.364 e. The van der Waals surface area contributed by atoms with Crippen LogP contribution in [0, 0.1) is 0 Å². The van der Waals surface area contributed by atoms with E-state index in [0.717, 1.165) is 11.1 Å². The smallest absolute Gasteiger partial charge is 0.131 e. The number of hydrogen-bond acceptors (Lipinski definition) is 4. The van der Waals surface area contributed by atoms with Crippen LogP contribution in [-0.4, -0.2) is 10.3 Å². The fourth-order valence-corrected chi connectivity index (χ4v) is 0.783. The molecule has 0 atom stereocenters. The first-order valence-electron chi connectivity index (χ1n) is 3.42. The average molecular weight is 162 g/mol. The molecular formula is C8H6N2O2. The van der Waals surface area contributed by atoms with E-state index in [0.29, 0.717) is 0 Å². The first-order valence-corrected chi connectivity index (χ1v) is 3.42. The van der Waals surface area contributed by atoms with Crippen molar-refractivity contribution in [1.29, 1.82) is 0 Å². The molecule has 12 heavy (non-hydrogen) atoms. The number of hydrogen-bond donors (Lipinski definition) is 0. The van der Waals surface area contributed by atoms with E-state index in [1.165, 1.54) is 0 Å². The van der Waals surface area contributed by atoms with Crippen LogP contribution in [0.4, 0.5) is 0 Å². The Morgan fingerprint density at radius 2 is 1.42 bits per heavy atom. The highest BCUT2D eigenvalue weighted by Crippen LogP contribution is 2.05. The van der Waals surface area contributed by atoms with E-state index in [1.807, 2.05) is 12.2 Å². The molecule has 0 aliphatic rings. The standard InChI is InChI=1S/C8H6N2O2/c1(7-3-9-11-5-7)2-8-4-10-12-6-8/h1-6H/b2-1+. The molecule has 0 aliphatic heterocycles. The van der Waals surface area contributed by atoms with Gasteiger partial charge in [-0.2, -0.15) is 0 Å². The fourth-order valence-electron chi connectivity index (χ4n) is 0.783. The minimum absolute atomic E-state index is 0.913. The van der Waals surface area contributed by atoms with Gasteiger partial charge in [0.15, 0.2) is 0 Å². The predicted molar refractivity (Wildman–Crippen MR) is 41.9 cm³/mol. The Balaban J connectivity index is 2.14. The Kier molecular flexibility index (Phi) is 1.74. The van der Waals surface area contributed by atoms with Crippen molar-refractivity contribution in [3.8, 4) is 0 Å². The van der Waals surface area contributed by atoms with Crippen molar-refractivity contribution < 1.29 is 9.05 Å². The van der Waals surface area contributed by atoms with Crippen LogP contribution >= 0.6 is 0 Å². The molecule has 2 heterocycles. The summed E-state index contributed by atoms with van der Waals surface area (Å²) in [6, 6.07) is 0. The third-order valence-electron chi connectivity index (χ3n) is 1.37. The summed E-state index contributed by atoms with van der Waals surface area (Å²) in [5, 5.41) is 7.11. The maximum Gasteiger partial charge on any atom is 0.131 e. The van der Waals surface area contributed by atoms with Gasteiger partial charge in [-0.25, -0.2) is 0 Å². The lowest BCUT2D eigenvalue weighted by Gasteiger charge is -1.78. The average Bonchev–Trinajstić information content (AvgIpc) is 2.74. The van der Waals surface area contributed by atoms with Crippen LogP contribution in [0.3, 0.4) is 0 Å². The SMILES string of the molecule is C(=C\c1cnoc1)/c1cnoc1. The van der Waals surface area contributed by atoms with Crippen LogP contribution in [0.15, 0.2) is 34.0 Å². The summed E-state index contributed by atoms with van der Waals surface area (Å²) in [6.45, 7) is 0. The summed E-state index contributed by atoms with van der Waals surface area (Å²) in [5.74, 6) is 0. The summed E-state index contributed by atoms with van der Waals surface area (Å²) < 4.78 is 9.29. The number of aromatic nitrogens is 2. The third-order valence-corrected chi connectivity index (χ3v) is 1.37. The molecule has 2 rings (SSSR count). The molecule has 0 aliphatic carbocycles. The van der Waals surface area contributed by atoms with Crippen LogP contribution in [0.5, 0.6) is 0 Å². The summed E-state index contributed by atoms with van der Waals surface area (Å²) in [4.78, 5) is 0. The van der Waals surface area contributed by atoms with Gasteiger partial charge in [-0.05, 0) is 12.2 Å². The Labute approximate surface area is 68.5 Å². The first-order chi connectivity index (χ1) is 5.95. The Bertz CT molecular complexity index is 312. The Morgan fingerprint density at radius 3 is 1.75 bits per heavy atom. The number of rotatable bonds is 2. The zero-order valence-electron chi connectivity index (χ0n) is 6.18. The maximum absolute atomic E-state index is 4.64. The highest BCUT2D eigenvalue weighted by Gasteiger charge is 1.90. The van der Waals surface area contributed by atoms with Crippen LogP contribution < -0.4 is 0 Å². The lowest BCUT2D eigenvalue weighted by molar-refractivity contribution is 0.419. The molecule has 4 heteroatoms. The van der Waals surface area contributed by atoms with E-state index in [1.54, 1.807) is 24.9 Å². The number of nitrogens with zero attached hydrogens (tertiary/aromatic N) is 2. The van der Waals surface area contributed by atoms with Gasteiger partial charge in [-0.1, -0.05) is 10.3 Å². The summed E-state index contributed by atoms with van der Waals surface area (Å²) in [5.41, 5.74) is 1.83. The van der Waals surface area contributed by atoms with Gasteiger partial charge in [0, 0.05) is 11.1 Å². The normalized spacial score (nSPS) is 11.0. The van der Waals surface area contributed by atoms with E-state index in [4.69, 9.17) is 0 Å². The second kappa shape index (κ2) is 3.04. The molecule has 0 aromatic carbocycles. The van der Waals surface area contributed by atoms with E-state index in [-0.39, 0.29) is 0 Å². The van der Waals surface area contributed by atoms with E-state index >= 15 is 0 Å². The summed E-state index contributed by atoms with van der Waals surface area (Å²) in [6.07, 6.45) is 10.1. The van der Waals surface area contributed by atoms with Crippen molar-refractivity contribution in [2.24, 2.45) is 0 Å². The molecule has 60 valence electrons. The molecule has 0 N–H and O–H groups in total. The van der Waals surface area contributed by atoms with Crippen LogP contribution in [0.1, 0.15) is 11.1 Å². The van der Waals surface area contributed by atoms with Crippen molar-refractivity contribution in [2.75, 3.05) is 0 Å². The topological polar surface area (TPSA) is 52.1 Å². The molecule has 0 radical (unpaired) electrons. The highest BCUT2D eigenvalue weighted by atomic mass is 16.5. The molecular weight excluding hydrogens is 156 g/mol. The molecule has 2 aromatic heterocycles. The lowest BCUT2D eigenvalue weighted by atomic mass is 10.2. The lowest BCUT2D eigenvalue weighted by Crippen LogP contribution is -1.62. The summed E-state index contributed by atoms with van der Waals surface area (Å²) in [7, 11) is 0. The van der Waals surface area contributed by atoms with Crippen LogP contribution in [0.2, 0.25) is 0 Å². The van der Waals surface area contributed by atoms with Crippen molar-refractivity contribution >= 4 is 12.2 Å². The molecule has 4 nitrogen and oxygen atoms in total. The summed E-state index contributed by atoms with van der Waals surface area (Å²) >= 11 is 0. The molecule has 0 fully saturated rings. The predicted octanol–water partition coefficient (Wildman–Crippen LogP) is 1.83. The quantitative estimate of drug-likeness (QED) is 0.675. The van der Waals surface area contributed by atoms with Gasteiger partial charge < -0.3 is 9.05 Å². The molecule has 0 bridgehead atoms. The highest BCUT2D eigenvalue weighted by molar-refractivity contribution is 5.67. The zero-order chi connectivity index (χ0) is 8.23. The van der Waals surface area contributed by atoms with Gasteiger partial charge >= 0.3 is 0 Å². The van der Waals surface area contributed by atoms with Crippen molar-refractivity contribution in [3.63, 3.8) is 0 Å². The molecule has 0 spiro atoms. The Hall–Kier alpha value is -1.84. The largest absolute Gasteiger partial charge is 0.364 e. The monoisotopic (exact) mass is 162 g/mol. The zero-order valence-corrected chi connectivity index (χ0v) is 6.18. The van der Waals surface area contributed by atoms with Gasteiger partial charge in [0.2, 0.25) is 0 Å².